The molecule has 3 rings (SSSR count). The van der Waals surface area contributed by atoms with Crippen molar-refractivity contribution in [3.63, 3.8) is 0 Å². The van der Waals surface area contributed by atoms with Gasteiger partial charge in [0.05, 0.1) is 6.20 Å². The minimum Gasteiger partial charge on any atom is -0.456 e. The van der Waals surface area contributed by atoms with E-state index in [1.54, 1.807) is 12.4 Å². The molecule has 1 fully saturated rings. The lowest BCUT2D eigenvalue weighted by Gasteiger charge is -2.10. The molecule has 0 amide bonds. The van der Waals surface area contributed by atoms with Crippen molar-refractivity contribution in [2.75, 3.05) is 0 Å². The van der Waals surface area contributed by atoms with Gasteiger partial charge in [0.1, 0.15) is 11.5 Å². The molecule has 0 spiro atoms. The number of ether oxygens (including phenoxy) is 1. The zero-order valence-corrected chi connectivity index (χ0v) is 13.0. The van der Waals surface area contributed by atoms with Gasteiger partial charge in [-0.1, -0.05) is 6.07 Å². The van der Waals surface area contributed by atoms with E-state index in [1.165, 1.54) is 24.0 Å². The molecule has 20 heavy (non-hydrogen) atoms. The third-order valence-electron chi connectivity index (χ3n) is 3.39. The van der Waals surface area contributed by atoms with Crippen LogP contribution in [-0.4, -0.2) is 11.0 Å². The van der Waals surface area contributed by atoms with E-state index in [0.29, 0.717) is 0 Å². The van der Waals surface area contributed by atoms with Crippen molar-refractivity contribution in [3.05, 3.63) is 52.3 Å². The molecule has 0 saturated heterocycles. The number of aromatic nitrogens is 1. The summed E-state index contributed by atoms with van der Waals surface area (Å²) in [7, 11) is 0. The largest absolute Gasteiger partial charge is 0.456 e. The van der Waals surface area contributed by atoms with Crippen molar-refractivity contribution in [1.82, 2.24) is 10.3 Å². The summed E-state index contributed by atoms with van der Waals surface area (Å²) in [6.07, 6.45) is 6.08. The number of aryl methyl sites for hydroxylation is 1. The zero-order chi connectivity index (χ0) is 13.9. The Morgan fingerprint density at radius 1 is 1.25 bits per heavy atom. The molecule has 104 valence electrons. The predicted molar refractivity (Wildman–Crippen MR) is 83.1 cm³/mol. The molecule has 2 aromatic rings. The Morgan fingerprint density at radius 2 is 2.10 bits per heavy atom. The van der Waals surface area contributed by atoms with Gasteiger partial charge in [0.25, 0.3) is 0 Å². The number of hydrogen-bond donors (Lipinski definition) is 1. The van der Waals surface area contributed by atoms with Crippen LogP contribution in [0.5, 0.6) is 11.5 Å². The van der Waals surface area contributed by atoms with E-state index in [9.17, 15) is 0 Å². The lowest BCUT2D eigenvalue weighted by molar-refractivity contribution is 0.479. The molecule has 1 N–H and O–H groups in total. The van der Waals surface area contributed by atoms with Gasteiger partial charge in [0, 0.05) is 23.3 Å². The van der Waals surface area contributed by atoms with Crippen LogP contribution in [0.2, 0.25) is 0 Å². The molecular weight excluding hydrogens is 316 g/mol. The van der Waals surface area contributed by atoms with E-state index in [2.05, 4.69) is 45.3 Å². The summed E-state index contributed by atoms with van der Waals surface area (Å²) in [6.45, 7) is 3.06. The second-order valence-corrected chi connectivity index (χ2v) is 6.10. The Labute approximate surface area is 127 Å². The lowest BCUT2D eigenvalue weighted by Crippen LogP contribution is -2.15. The molecule has 0 atom stereocenters. The molecule has 0 unspecified atom stereocenters. The summed E-state index contributed by atoms with van der Waals surface area (Å²) < 4.78 is 6.73. The summed E-state index contributed by atoms with van der Waals surface area (Å²) in [5, 5.41) is 3.53. The molecule has 3 nitrogen and oxygen atoms in total. The molecule has 1 aromatic heterocycles. The average molecular weight is 333 g/mol. The van der Waals surface area contributed by atoms with E-state index >= 15 is 0 Å². The molecule has 4 heteroatoms. The maximum Gasteiger partial charge on any atom is 0.146 e. The van der Waals surface area contributed by atoms with Gasteiger partial charge in [-0.2, -0.15) is 0 Å². The van der Waals surface area contributed by atoms with E-state index in [4.69, 9.17) is 4.74 Å². The first-order valence-corrected chi connectivity index (χ1v) is 7.61. The Hall–Kier alpha value is -1.39. The SMILES string of the molecule is Cc1cc(Oc2cncc(Br)c2)ccc1CNC1CC1. The fourth-order valence-corrected chi connectivity index (χ4v) is 2.40. The average Bonchev–Trinajstić information content (AvgIpc) is 3.22. The quantitative estimate of drug-likeness (QED) is 0.891. The van der Waals surface area contributed by atoms with Crippen molar-refractivity contribution in [2.24, 2.45) is 0 Å². The fourth-order valence-electron chi connectivity index (χ4n) is 2.06. The highest BCUT2D eigenvalue weighted by atomic mass is 79.9. The third-order valence-corrected chi connectivity index (χ3v) is 3.82. The van der Waals surface area contributed by atoms with E-state index < -0.39 is 0 Å². The van der Waals surface area contributed by atoms with Gasteiger partial charge in [-0.15, -0.1) is 0 Å². The van der Waals surface area contributed by atoms with Gasteiger partial charge < -0.3 is 10.1 Å². The highest BCUT2D eigenvalue weighted by Crippen LogP contribution is 2.26. The maximum absolute atomic E-state index is 5.82. The number of rotatable bonds is 5. The standard InChI is InChI=1S/C16H17BrN2O/c1-11-6-15(20-16-7-13(17)9-18-10-16)5-2-12(11)8-19-14-3-4-14/h2,5-7,9-10,14,19H,3-4,8H2,1H3. The first-order valence-electron chi connectivity index (χ1n) is 6.82. The Kier molecular flexibility index (Phi) is 4.03. The first-order chi connectivity index (χ1) is 9.70. The highest BCUT2D eigenvalue weighted by molar-refractivity contribution is 9.10. The van der Waals surface area contributed by atoms with E-state index in [0.717, 1.165) is 28.6 Å². The summed E-state index contributed by atoms with van der Waals surface area (Å²) in [4.78, 5) is 4.09. The number of nitrogens with zero attached hydrogens (tertiary/aromatic N) is 1. The van der Waals surface area contributed by atoms with Crippen molar-refractivity contribution in [2.45, 2.75) is 32.4 Å². The van der Waals surface area contributed by atoms with Gasteiger partial charge in [-0.25, -0.2) is 0 Å². The summed E-state index contributed by atoms with van der Waals surface area (Å²) in [5.74, 6) is 1.58. The molecular formula is C16H17BrN2O. The van der Waals surface area contributed by atoms with Crippen LogP contribution in [0.3, 0.4) is 0 Å². The smallest absolute Gasteiger partial charge is 0.146 e. The normalized spacial score (nSPS) is 14.3. The third kappa shape index (κ3) is 3.58. The van der Waals surface area contributed by atoms with Crippen LogP contribution < -0.4 is 10.1 Å². The molecule has 1 heterocycles. The van der Waals surface area contributed by atoms with Crippen molar-refractivity contribution >= 4 is 15.9 Å². The summed E-state index contributed by atoms with van der Waals surface area (Å²) in [6, 6.07) is 8.86. The van der Waals surface area contributed by atoms with Crippen LogP contribution >= 0.6 is 15.9 Å². The molecule has 1 aliphatic rings. The number of halogens is 1. The monoisotopic (exact) mass is 332 g/mol. The van der Waals surface area contributed by atoms with Crippen LogP contribution in [0.25, 0.3) is 0 Å². The molecule has 0 radical (unpaired) electrons. The van der Waals surface area contributed by atoms with E-state index in [1.807, 2.05) is 12.1 Å². The number of pyridine rings is 1. The predicted octanol–water partition coefficient (Wildman–Crippen LogP) is 4.20. The van der Waals surface area contributed by atoms with Gasteiger partial charge in [-0.3, -0.25) is 4.98 Å². The number of benzene rings is 1. The minimum atomic E-state index is 0.734. The van der Waals surface area contributed by atoms with Crippen molar-refractivity contribution < 1.29 is 4.74 Å². The highest BCUT2D eigenvalue weighted by Gasteiger charge is 2.20. The molecule has 1 saturated carbocycles. The lowest BCUT2D eigenvalue weighted by atomic mass is 10.1. The number of hydrogen-bond acceptors (Lipinski definition) is 3. The van der Waals surface area contributed by atoms with Gasteiger partial charge in [0.15, 0.2) is 0 Å². The zero-order valence-electron chi connectivity index (χ0n) is 11.4. The van der Waals surface area contributed by atoms with Crippen LogP contribution in [0, 0.1) is 6.92 Å². The molecule has 0 bridgehead atoms. The van der Waals surface area contributed by atoms with Crippen molar-refractivity contribution in [3.8, 4) is 11.5 Å². The Balaban J connectivity index is 1.69. The summed E-state index contributed by atoms with van der Waals surface area (Å²) in [5.41, 5.74) is 2.58. The minimum absolute atomic E-state index is 0.734. The second kappa shape index (κ2) is 5.94. The Bertz CT molecular complexity index is 611. The Morgan fingerprint density at radius 3 is 2.80 bits per heavy atom. The summed E-state index contributed by atoms with van der Waals surface area (Å²) >= 11 is 3.39. The van der Waals surface area contributed by atoms with Gasteiger partial charge in [0.2, 0.25) is 0 Å². The van der Waals surface area contributed by atoms with Crippen LogP contribution in [0.1, 0.15) is 24.0 Å². The molecule has 1 aliphatic carbocycles. The van der Waals surface area contributed by atoms with E-state index in [-0.39, 0.29) is 0 Å². The molecule has 1 aromatic carbocycles. The maximum atomic E-state index is 5.82. The molecule has 0 aliphatic heterocycles. The van der Waals surface area contributed by atoms with Gasteiger partial charge in [-0.05, 0) is 65.0 Å². The van der Waals surface area contributed by atoms with Gasteiger partial charge >= 0.3 is 0 Å². The van der Waals surface area contributed by atoms with Crippen molar-refractivity contribution in [1.29, 1.82) is 0 Å². The van der Waals surface area contributed by atoms with Crippen LogP contribution in [0.4, 0.5) is 0 Å². The fraction of sp³-hybridized carbons (Fsp3) is 0.312. The first kappa shape index (κ1) is 13.6. The van der Waals surface area contributed by atoms with Crippen LogP contribution in [-0.2, 0) is 6.54 Å². The topological polar surface area (TPSA) is 34.1 Å². The van der Waals surface area contributed by atoms with Crippen LogP contribution in [0.15, 0.2) is 41.1 Å². The second-order valence-electron chi connectivity index (χ2n) is 5.18. The number of nitrogens with one attached hydrogen (secondary N) is 1.